The Morgan fingerprint density at radius 2 is 1.82 bits per heavy atom. The Bertz CT molecular complexity index is 655. The van der Waals surface area contributed by atoms with Crippen LogP contribution < -0.4 is 4.74 Å². The molecule has 1 heterocycles. The number of ether oxygens (including phenoxy) is 3. The second kappa shape index (κ2) is 6.75. The molecule has 0 unspecified atom stereocenters. The number of hydrogen-bond acceptors (Lipinski definition) is 4. The van der Waals surface area contributed by atoms with E-state index in [4.69, 9.17) is 14.2 Å². The predicted octanol–water partition coefficient (Wildman–Crippen LogP) is 4.14. The van der Waals surface area contributed by atoms with E-state index in [2.05, 4.69) is 16.1 Å². The van der Waals surface area contributed by atoms with Crippen molar-refractivity contribution < 1.29 is 14.2 Å². The summed E-state index contributed by atoms with van der Waals surface area (Å²) < 4.78 is 18.6. The Balaban J connectivity index is 1.80. The van der Waals surface area contributed by atoms with Gasteiger partial charge < -0.3 is 14.2 Å². The molecule has 3 rings (SSSR count). The first-order valence-corrected chi connectivity index (χ1v) is 7.60. The van der Waals surface area contributed by atoms with Crippen molar-refractivity contribution in [2.75, 3.05) is 13.8 Å². The molecule has 0 spiro atoms. The van der Waals surface area contributed by atoms with Gasteiger partial charge in [-0.1, -0.05) is 30.3 Å². The van der Waals surface area contributed by atoms with E-state index >= 15 is 0 Å². The quantitative estimate of drug-likeness (QED) is 0.749. The Morgan fingerprint density at radius 3 is 2.50 bits per heavy atom. The van der Waals surface area contributed by atoms with E-state index in [0.29, 0.717) is 19.2 Å². The molecule has 0 aliphatic carbocycles. The summed E-state index contributed by atoms with van der Waals surface area (Å²) in [6.45, 7) is 0.896. The maximum absolute atomic E-state index is 5.93. The first-order valence-electron chi connectivity index (χ1n) is 6.89. The van der Waals surface area contributed by atoms with Crippen LogP contribution in [0, 0.1) is 0 Å². The summed E-state index contributed by atoms with van der Waals surface area (Å²) in [7, 11) is 1.65. The van der Waals surface area contributed by atoms with Crippen LogP contribution in [0.2, 0.25) is 0 Å². The van der Waals surface area contributed by atoms with Gasteiger partial charge in [0.15, 0.2) is 12.5 Å². The SMILES string of the molecule is COc1ccc(C2=C(OCc3ccccc3)N(Br)CO2)cc1. The van der Waals surface area contributed by atoms with Gasteiger partial charge in [-0.15, -0.1) is 0 Å². The lowest BCUT2D eigenvalue weighted by Gasteiger charge is -2.12. The number of methoxy groups -OCH3 is 1. The number of rotatable bonds is 5. The van der Waals surface area contributed by atoms with E-state index in [1.807, 2.05) is 54.6 Å². The molecule has 0 amide bonds. The molecule has 2 aromatic rings. The van der Waals surface area contributed by atoms with Gasteiger partial charge in [0, 0.05) is 5.56 Å². The largest absolute Gasteiger partial charge is 0.497 e. The number of benzene rings is 2. The third-order valence-corrected chi connectivity index (χ3v) is 3.83. The highest BCUT2D eigenvalue weighted by molar-refractivity contribution is 9.07. The summed E-state index contributed by atoms with van der Waals surface area (Å²) in [6, 6.07) is 17.7. The molecular formula is C17H16BrNO3. The molecule has 114 valence electrons. The fourth-order valence-corrected chi connectivity index (χ4v) is 2.53. The third-order valence-electron chi connectivity index (χ3n) is 3.31. The maximum Gasteiger partial charge on any atom is 0.247 e. The van der Waals surface area contributed by atoms with E-state index in [1.165, 1.54) is 0 Å². The molecule has 2 aromatic carbocycles. The number of hydrogen-bond donors (Lipinski definition) is 0. The van der Waals surface area contributed by atoms with E-state index in [0.717, 1.165) is 22.6 Å². The van der Waals surface area contributed by atoms with Crippen LogP contribution in [0.4, 0.5) is 0 Å². The molecule has 0 fully saturated rings. The second-order valence-corrected chi connectivity index (χ2v) is 5.63. The molecule has 0 aromatic heterocycles. The summed E-state index contributed by atoms with van der Waals surface area (Å²) in [6.07, 6.45) is 0. The fourth-order valence-electron chi connectivity index (χ4n) is 2.16. The van der Waals surface area contributed by atoms with Crippen LogP contribution in [-0.4, -0.2) is 17.8 Å². The Kier molecular flexibility index (Phi) is 4.53. The monoisotopic (exact) mass is 361 g/mol. The van der Waals surface area contributed by atoms with Crippen LogP contribution in [0.3, 0.4) is 0 Å². The highest BCUT2D eigenvalue weighted by Crippen LogP contribution is 2.33. The van der Waals surface area contributed by atoms with Crippen molar-refractivity contribution in [3.05, 3.63) is 71.6 Å². The molecule has 1 aliphatic heterocycles. The normalized spacial score (nSPS) is 14.0. The van der Waals surface area contributed by atoms with Crippen LogP contribution in [0.25, 0.3) is 5.76 Å². The first kappa shape index (κ1) is 14.8. The van der Waals surface area contributed by atoms with Crippen molar-refractivity contribution >= 4 is 21.9 Å². The fraction of sp³-hybridized carbons (Fsp3) is 0.176. The van der Waals surface area contributed by atoms with Gasteiger partial charge in [-0.3, -0.25) is 0 Å². The minimum Gasteiger partial charge on any atom is -0.497 e. The summed E-state index contributed by atoms with van der Waals surface area (Å²) in [4.78, 5) is 0. The Hall–Kier alpha value is -2.14. The van der Waals surface area contributed by atoms with Crippen molar-refractivity contribution in [1.82, 2.24) is 3.93 Å². The summed E-state index contributed by atoms with van der Waals surface area (Å²) in [5, 5.41) is 0. The van der Waals surface area contributed by atoms with Crippen molar-refractivity contribution in [1.29, 1.82) is 0 Å². The van der Waals surface area contributed by atoms with Gasteiger partial charge in [-0.05, 0) is 29.8 Å². The van der Waals surface area contributed by atoms with Crippen molar-refractivity contribution in [2.45, 2.75) is 6.61 Å². The highest BCUT2D eigenvalue weighted by Gasteiger charge is 2.25. The van der Waals surface area contributed by atoms with Crippen molar-refractivity contribution in [3.8, 4) is 5.75 Å². The van der Waals surface area contributed by atoms with Gasteiger partial charge >= 0.3 is 0 Å². The maximum atomic E-state index is 5.93. The summed E-state index contributed by atoms with van der Waals surface area (Å²) >= 11 is 3.44. The minimum atomic E-state index is 0.408. The standard InChI is InChI=1S/C17H16BrNO3/c1-20-15-9-7-14(8-10-15)16-17(19(18)12-22-16)21-11-13-5-3-2-4-6-13/h2-10H,11-12H2,1H3. The van der Waals surface area contributed by atoms with Gasteiger partial charge in [0.25, 0.3) is 0 Å². The molecule has 4 nitrogen and oxygen atoms in total. The van der Waals surface area contributed by atoms with Crippen molar-refractivity contribution in [2.24, 2.45) is 0 Å². The van der Waals surface area contributed by atoms with Gasteiger partial charge in [0.2, 0.25) is 5.88 Å². The van der Waals surface area contributed by atoms with Crippen LogP contribution in [-0.2, 0) is 16.1 Å². The lowest BCUT2D eigenvalue weighted by molar-refractivity contribution is 0.148. The zero-order chi connectivity index (χ0) is 15.4. The molecule has 1 aliphatic rings. The third kappa shape index (κ3) is 3.20. The van der Waals surface area contributed by atoms with Crippen LogP contribution in [0.1, 0.15) is 11.1 Å². The zero-order valence-electron chi connectivity index (χ0n) is 12.2. The number of halogens is 1. The molecule has 5 heteroatoms. The van der Waals surface area contributed by atoms with Crippen LogP contribution in [0.15, 0.2) is 60.5 Å². The summed E-state index contributed by atoms with van der Waals surface area (Å²) in [5.41, 5.74) is 2.06. The molecule has 0 radical (unpaired) electrons. The molecule has 22 heavy (non-hydrogen) atoms. The molecule has 0 saturated carbocycles. The zero-order valence-corrected chi connectivity index (χ0v) is 13.7. The Labute approximate surface area is 138 Å². The van der Waals surface area contributed by atoms with Crippen molar-refractivity contribution in [3.63, 3.8) is 0 Å². The topological polar surface area (TPSA) is 30.9 Å². The highest BCUT2D eigenvalue weighted by atomic mass is 79.9. The molecule has 0 saturated heterocycles. The van der Waals surface area contributed by atoms with Gasteiger partial charge in [-0.2, -0.15) is 0 Å². The van der Waals surface area contributed by atoms with Gasteiger partial charge in [0.05, 0.1) is 23.3 Å². The van der Waals surface area contributed by atoms with E-state index in [1.54, 1.807) is 11.0 Å². The minimum absolute atomic E-state index is 0.408. The van der Waals surface area contributed by atoms with Crippen LogP contribution >= 0.6 is 16.1 Å². The lowest BCUT2D eigenvalue weighted by Crippen LogP contribution is -2.09. The molecular weight excluding hydrogens is 346 g/mol. The number of nitrogens with zero attached hydrogens (tertiary/aromatic N) is 1. The average molecular weight is 362 g/mol. The Morgan fingerprint density at radius 1 is 1.09 bits per heavy atom. The van der Waals surface area contributed by atoms with Gasteiger partial charge in [0.1, 0.15) is 12.4 Å². The molecule has 0 N–H and O–H groups in total. The smallest absolute Gasteiger partial charge is 0.247 e. The van der Waals surface area contributed by atoms with E-state index < -0.39 is 0 Å². The first-order chi connectivity index (χ1) is 10.8. The van der Waals surface area contributed by atoms with E-state index in [-0.39, 0.29) is 0 Å². The lowest BCUT2D eigenvalue weighted by atomic mass is 10.2. The molecule has 0 bridgehead atoms. The molecule has 0 atom stereocenters. The predicted molar refractivity (Wildman–Crippen MR) is 87.9 cm³/mol. The van der Waals surface area contributed by atoms with E-state index in [9.17, 15) is 0 Å². The van der Waals surface area contributed by atoms with Crippen LogP contribution in [0.5, 0.6) is 5.75 Å². The van der Waals surface area contributed by atoms with Gasteiger partial charge in [-0.25, -0.2) is 3.93 Å². The second-order valence-electron chi connectivity index (χ2n) is 4.77. The average Bonchev–Trinajstić information content (AvgIpc) is 2.95. The summed E-state index contributed by atoms with van der Waals surface area (Å²) in [5.74, 6) is 2.20.